The molecule has 94 valence electrons. The lowest BCUT2D eigenvalue weighted by Crippen LogP contribution is -2.11. The zero-order valence-electron chi connectivity index (χ0n) is 9.44. The highest BCUT2D eigenvalue weighted by Gasteiger charge is 2.20. The lowest BCUT2D eigenvalue weighted by molar-refractivity contribution is 0.202. The van der Waals surface area contributed by atoms with Crippen molar-refractivity contribution in [1.82, 2.24) is 4.37 Å². The topological polar surface area (TPSA) is 45.9 Å². The molecule has 1 aromatic rings. The van der Waals surface area contributed by atoms with Crippen LogP contribution in [0.2, 0.25) is 0 Å². The van der Waals surface area contributed by atoms with Crippen molar-refractivity contribution in [1.29, 1.82) is 5.26 Å². The Labute approximate surface area is 107 Å². The highest BCUT2D eigenvalue weighted by molar-refractivity contribution is 8.01. The maximum absolute atomic E-state index is 12.2. The summed E-state index contributed by atoms with van der Waals surface area (Å²) in [6, 6.07) is 1.87. The van der Waals surface area contributed by atoms with Crippen LogP contribution in [-0.2, 0) is 0 Å². The Morgan fingerprint density at radius 3 is 2.82 bits per heavy atom. The molecule has 0 saturated heterocycles. The summed E-state index contributed by atoms with van der Waals surface area (Å²) in [7, 11) is 0. The minimum absolute atomic E-state index is 0.0707. The van der Waals surface area contributed by atoms with E-state index in [-0.39, 0.29) is 21.8 Å². The number of rotatable bonds is 6. The molecule has 0 radical (unpaired) electrons. The van der Waals surface area contributed by atoms with Gasteiger partial charge < -0.3 is 4.74 Å². The smallest absolute Gasteiger partial charge is 0.289 e. The van der Waals surface area contributed by atoms with Crippen LogP contribution in [-0.4, -0.2) is 16.2 Å². The van der Waals surface area contributed by atoms with Crippen molar-refractivity contribution in [2.24, 2.45) is 0 Å². The van der Waals surface area contributed by atoms with Gasteiger partial charge in [0, 0.05) is 0 Å². The van der Waals surface area contributed by atoms with E-state index in [0.29, 0.717) is 11.8 Å². The molecule has 0 aliphatic carbocycles. The Morgan fingerprint density at radius 1 is 1.59 bits per heavy atom. The van der Waals surface area contributed by atoms with E-state index >= 15 is 0 Å². The summed E-state index contributed by atoms with van der Waals surface area (Å²) < 4.78 is 34.0. The maximum atomic E-state index is 12.2. The summed E-state index contributed by atoms with van der Waals surface area (Å²) in [5.41, 5.74) is 0.114. The van der Waals surface area contributed by atoms with Crippen LogP contribution in [0.4, 0.5) is 8.78 Å². The fourth-order valence-corrected chi connectivity index (χ4v) is 2.69. The van der Waals surface area contributed by atoms with Crippen molar-refractivity contribution in [2.75, 3.05) is 0 Å². The Kier molecular flexibility index (Phi) is 5.65. The molecule has 1 rings (SSSR count). The summed E-state index contributed by atoms with van der Waals surface area (Å²) in [4.78, 5) is 0. The third-order valence-corrected chi connectivity index (χ3v) is 3.68. The summed E-state index contributed by atoms with van der Waals surface area (Å²) in [5.74, 6) is -2.38. The lowest BCUT2D eigenvalue weighted by atomic mass is 10.2. The van der Waals surface area contributed by atoms with Gasteiger partial charge in [-0.3, -0.25) is 0 Å². The van der Waals surface area contributed by atoms with Gasteiger partial charge in [0.1, 0.15) is 15.8 Å². The van der Waals surface area contributed by atoms with Crippen molar-refractivity contribution in [3.05, 3.63) is 5.56 Å². The van der Waals surface area contributed by atoms with Gasteiger partial charge in [-0.05, 0) is 36.6 Å². The summed E-state index contributed by atoms with van der Waals surface area (Å²) >= 11 is 1.21. The van der Waals surface area contributed by atoms with Gasteiger partial charge in [-0.1, -0.05) is 13.3 Å². The van der Waals surface area contributed by atoms with E-state index in [9.17, 15) is 8.78 Å². The molecule has 0 aliphatic heterocycles. The molecule has 0 amide bonds. The number of ether oxygens (including phenoxy) is 1. The molecule has 0 aromatic carbocycles. The molecule has 1 unspecified atom stereocenters. The van der Waals surface area contributed by atoms with Crippen LogP contribution < -0.4 is 4.74 Å². The second-order valence-corrected chi connectivity index (χ2v) is 5.39. The number of thioether (sulfide) groups is 1. The standard InChI is InChI=1S/C10H12F2N2OS2/c1-3-4-6(2)15-8-7(5-13)9(17-14-8)16-10(11)12/h6,10H,3-4H2,1-2H3. The molecule has 1 aromatic heterocycles. The van der Waals surface area contributed by atoms with Gasteiger partial charge in [0.05, 0.1) is 6.10 Å². The highest BCUT2D eigenvalue weighted by atomic mass is 32.2. The van der Waals surface area contributed by atoms with E-state index in [1.54, 1.807) is 0 Å². The van der Waals surface area contributed by atoms with E-state index in [4.69, 9.17) is 10.00 Å². The number of nitriles is 1. The molecule has 3 nitrogen and oxygen atoms in total. The predicted octanol–water partition coefficient (Wildman–Crippen LogP) is 3.90. The zero-order valence-corrected chi connectivity index (χ0v) is 11.1. The van der Waals surface area contributed by atoms with E-state index in [2.05, 4.69) is 4.37 Å². The second kappa shape index (κ2) is 6.77. The van der Waals surface area contributed by atoms with Crippen molar-refractivity contribution in [3.63, 3.8) is 0 Å². The van der Waals surface area contributed by atoms with Gasteiger partial charge in [0.15, 0.2) is 0 Å². The van der Waals surface area contributed by atoms with Crippen molar-refractivity contribution in [3.8, 4) is 11.9 Å². The van der Waals surface area contributed by atoms with E-state index in [1.807, 2.05) is 19.9 Å². The quantitative estimate of drug-likeness (QED) is 0.740. The second-order valence-electron chi connectivity index (χ2n) is 3.36. The number of halogens is 2. The first kappa shape index (κ1) is 14.2. The fraction of sp³-hybridized carbons (Fsp3) is 0.600. The predicted molar refractivity (Wildman–Crippen MR) is 63.7 cm³/mol. The Bertz CT molecular complexity index is 404. The minimum Gasteiger partial charge on any atom is -0.473 e. The molecule has 7 heteroatoms. The van der Waals surface area contributed by atoms with Crippen molar-refractivity contribution in [2.45, 2.75) is 42.8 Å². The number of nitrogens with zero attached hydrogens (tertiary/aromatic N) is 2. The molecule has 0 aliphatic rings. The molecular weight excluding hydrogens is 266 g/mol. The van der Waals surface area contributed by atoms with Crippen LogP contribution in [0.25, 0.3) is 0 Å². The Hall–Kier alpha value is -0.870. The highest BCUT2D eigenvalue weighted by Crippen LogP contribution is 2.36. The first-order valence-electron chi connectivity index (χ1n) is 5.09. The molecular formula is C10H12F2N2OS2. The molecule has 0 saturated carbocycles. The normalized spacial score (nSPS) is 12.5. The Morgan fingerprint density at radius 2 is 2.29 bits per heavy atom. The largest absolute Gasteiger partial charge is 0.473 e. The fourth-order valence-electron chi connectivity index (χ4n) is 1.25. The van der Waals surface area contributed by atoms with E-state index in [1.165, 1.54) is 0 Å². The Balaban J connectivity index is 2.80. The molecule has 0 fully saturated rings. The van der Waals surface area contributed by atoms with Crippen molar-refractivity contribution < 1.29 is 13.5 Å². The van der Waals surface area contributed by atoms with E-state index in [0.717, 1.165) is 24.4 Å². The first-order chi connectivity index (χ1) is 8.08. The van der Waals surface area contributed by atoms with Gasteiger partial charge in [-0.25, -0.2) is 0 Å². The first-order valence-corrected chi connectivity index (χ1v) is 6.75. The summed E-state index contributed by atoms with van der Waals surface area (Å²) in [6.07, 6.45) is 1.71. The number of hydrogen-bond donors (Lipinski definition) is 0. The van der Waals surface area contributed by atoms with E-state index < -0.39 is 5.76 Å². The van der Waals surface area contributed by atoms with Crippen LogP contribution in [0.1, 0.15) is 32.3 Å². The third-order valence-electron chi connectivity index (χ3n) is 1.95. The number of hydrogen-bond acceptors (Lipinski definition) is 5. The van der Waals surface area contributed by atoms with Crippen LogP contribution in [0.5, 0.6) is 5.88 Å². The maximum Gasteiger partial charge on any atom is 0.289 e. The average Bonchev–Trinajstić information content (AvgIpc) is 2.59. The molecule has 0 bridgehead atoms. The third kappa shape index (κ3) is 4.13. The number of aromatic nitrogens is 1. The minimum atomic E-state index is -2.55. The van der Waals surface area contributed by atoms with Gasteiger partial charge in [-0.2, -0.15) is 18.4 Å². The average molecular weight is 278 g/mol. The molecule has 0 spiro atoms. The molecule has 17 heavy (non-hydrogen) atoms. The van der Waals surface area contributed by atoms with Crippen LogP contribution in [0, 0.1) is 11.3 Å². The van der Waals surface area contributed by atoms with Gasteiger partial charge in [0.25, 0.3) is 5.76 Å². The monoisotopic (exact) mass is 278 g/mol. The summed E-state index contributed by atoms with van der Waals surface area (Å²) in [5, 5.41) is 8.92. The summed E-state index contributed by atoms with van der Waals surface area (Å²) in [6.45, 7) is 3.88. The molecule has 1 heterocycles. The SMILES string of the molecule is CCCC(C)Oc1nsc(SC(F)F)c1C#N. The zero-order chi connectivity index (χ0) is 12.8. The number of alkyl halides is 2. The molecule has 1 atom stereocenters. The van der Waals surface area contributed by atoms with Crippen molar-refractivity contribution >= 4 is 23.3 Å². The van der Waals surface area contributed by atoms with Gasteiger partial charge in [0.2, 0.25) is 5.88 Å². The lowest BCUT2D eigenvalue weighted by Gasteiger charge is -2.11. The molecule has 0 N–H and O–H groups in total. The van der Waals surface area contributed by atoms with Crippen LogP contribution in [0.3, 0.4) is 0 Å². The van der Waals surface area contributed by atoms with Gasteiger partial charge in [-0.15, -0.1) is 0 Å². The van der Waals surface area contributed by atoms with Crippen LogP contribution in [0.15, 0.2) is 4.21 Å². The van der Waals surface area contributed by atoms with Gasteiger partial charge >= 0.3 is 0 Å². The van der Waals surface area contributed by atoms with Crippen LogP contribution >= 0.6 is 23.3 Å².